The molecule has 0 radical (unpaired) electrons. The van der Waals surface area contributed by atoms with Gasteiger partial charge in [0, 0.05) is 23.4 Å². The van der Waals surface area contributed by atoms with Gasteiger partial charge in [-0.1, -0.05) is 30.3 Å². The molecule has 1 aromatic carbocycles. The number of ether oxygens (including phenoxy) is 1. The number of thioether (sulfide) groups is 1. The van der Waals surface area contributed by atoms with Crippen LogP contribution in [0.1, 0.15) is 28.8 Å². The molecule has 6 nitrogen and oxygen atoms in total. The number of ketones is 1. The molecule has 0 aliphatic carbocycles. The van der Waals surface area contributed by atoms with Crippen molar-refractivity contribution in [2.75, 3.05) is 18.9 Å². The molecule has 158 valence electrons. The van der Waals surface area contributed by atoms with Crippen LogP contribution in [0.15, 0.2) is 47.2 Å². The predicted octanol–water partition coefficient (Wildman–Crippen LogP) is 2.74. The summed E-state index contributed by atoms with van der Waals surface area (Å²) in [5.74, 6) is 0.664. The number of nitrogens with one attached hydrogen (secondary N) is 1. The number of thiophene rings is 1. The molecule has 0 bridgehead atoms. The number of hydrogen-bond acceptors (Lipinski definition) is 6. The summed E-state index contributed by atoms with van der Waals surface area (Å²) in [6.07, 6.45) is 1.36. The highest BCUT2D eigenvalue weighted by Gasteiger charge is 2.45. The number of rotatable bonds is 7. The Morgan fingerprint density at radius 1 is 1.27 bits per heavy atom. The van der Waals surface area contributed by atoms with Crippen LogP contribution < -0.4 is 5.32 Å². The summed E-state index contributed by atoms with van der Waals surface area (Å²) in [5.41, 5.74) is 1.71. The average molecular weight is 445 g/mol. The molecule has 1 N–H and O–H groups in total. The number of likely N-dealkylation sites (tertiary alicyclic amines) is 1. The summed E-state index contributed by atoms with van der Waals surface area (Å²) in [6.45, 7) is 0.580. The van der Waals surface area contributed by atoms with E-state index in [1.54, 1.807) is 28.1 Å². The number of piperidine rings is 1. The van der Waals surface area contributed by atoms with E-state index < -0.39 is 12.1 Å². The largest absolute Gasteiger partial charge is 0.368 e. The Kier molecular flexibility index (Phi) is 6.86. The molecule has 30 heavy (non-hydrogen) atoms. The maximum atomic E-state index is 13.4. The highest BCUT2D eigenvalue weighted by atomic mass is 32.2. The molecule has 2 aromatic rings. The number of benzene rings is 1. The second-order valence-corrected chi connectivity index (χ2v) is 9.28. The summed E-state index contributed by atoms with van der Waals surface area (Å²) < 4.78 is 5.57. The van der Waals surface area contributed by atoms with Crippen molar-refractivity contribution in [3.8, 4) is 0 Å². The van der Waals surface area contributed by atoms with Crippen LogP contribution in [-0.2, 0) is 20.1 Å². The van der Waals surface area contributed by atoms with Crippen molar-refractivity contribution in [3.63, 3.8) is 0 Å². The van der Waals surface area contributed by atoms with E-state index in [9.17, 15) is 14.4 Å². The minimum Gasteiger partial charge on any atom is -0.368 e. The van der Waals surface area contributed by atoms with Gasteiger partial charge in [-0.15, -0.1) is 0 Å². The Morgan fingerprint density at radius 3 is 2.87 bits per heavy atom. The normalized spacial score (nSPS) is 21.9. The van der Waals surface area contributed by atoms with E-state index in [1.165, 1.54) is 11.3 Å². The van der Waals surface area contributed by atoms with Crippen LogP contribution in [-0.4, -0.2) is 59.6 Å². The van der Waals surface area contributed by atoms with Crippen molar-refractivity contribution >= 4 is 40.7 Å². The molecular weight excluding hydrogens is 420 g/mol. The van der Waals surface area contributed by atoms with Crippen molar-refractivity contribution in [1.29, 1.82) is 0 Å². The van der Waals surface area contributed by atoms with Gasteiger partial charge in [-0.2, -0.15) is 23.1 Å². The summed E-state index contributed by atoms with van der Waals surface area (Å²) in [6, 6.07) is 10.5. The number of amides is 2. The van der Waals surface area contributed by atoms with Crippen molar-refractivity contribution in [1.82, 2.24) is 10.2 Å². The Balaban J connectivity index is 1.47. The third-order valence-electron chi connectivity index (χ3n) is 5.41. The van der Waals surface area contributed by atoms with E-state index >= 15 is 0 Å². The lowest BCUT2D eigenvalue weighted by Crippen LogP contribution is -2.58. The Bertz CT molecular complexity index is 888. The van der Waals surface area contributed by atoms with Gasteiger partial charge in [-0.3, -0.25) is 14.4 Å². The van der Waals surface area contributed by atoms with Gasteiger partial charge >= 0.3 is 0 Å². The third-order valence-corrected chi connectivity index (χ3v) is 7.20. The maximum absolute atomic E-state index is 13.4. The number of carbonyl (C=O) groups is 3. The molecule has 1 aromatic heterocycles. The Hall–Kier alpha value is -2.16. The van der Waals surface area contributed by atoms with Crippen LogP contribution in [0.2, 0.25) is 0 Å². The number of fused-ring (bicyclic) bond motifs is 1. The molecule has 2 saturated heterocycles. The highest BCUT2D eigenvalue weighted by molar-refractivity contribution is 7.98. The van der Waals surface area contributed by atoms with Crippen LogP contribution in [0, 0.1) is 0 Å². The lowest BCUT2D eigenvalue weighted by atomic mass is 9.97. The Labute approximate surface area is 184 Å². The highest BCUT2D eigenvalue weighted by Crippen LogP contribution is 2.27. The first kappa shape index (κ1) is 21.1. The van der Waals surface area contributed by atoms with Crippen molar-refractivity contribution < 1.29 is 19.1 Å². The van der Waals surface area contributed by atoms with Crippen LogP contribution in [0.25, 0.3) is 0 Å². The third kappa shape index (κ3) is 4.77. The molecule has 0 unspecified atom stereocenters. The second-order valence-electron chi connectivity index (χ2n) is 7.47. The lowest BCUT2D eigenvalue weighted by molar-refractivity contribution is -0.141. The second kappa shape index (κ2) is 9.76. The zero-order chi connectivity index (χ0) is 20.9. The first-order valence-electron chi connectivity index (χ1n) is 10.0. The van der Waals surface area contributed by atoms with Crippen LogP contribution in [0.4, 0.5) is 0 Å². The zero-order valence-electron chi connectivity index (χ0n) is 16.5. The fourth-order valence-corrected chi connectivity index (χ4v) is 5.56. The minimum atomic E-state index is -0.696. The van der Waals surface area contributed by atoms with E-state index in [0.29, 0.717) is 17.9 Å². The quantitative estimate of drug-likeness (QED) is 0.711. The summed E-state index contributed by atoms with van der Waals surface area (Å²) in [5, 5.41) is 6.50. The van der Waals surface area contributed by atoms with Gasteiger partial charge in [0.05, 0.1) is 11.7 Å². The molecule has 2 fully saturated rings. The van der Waals surface area contributed by atoms with Gasteiger partial charge in [0.15, 0.2) is 5.78 Å². The number of hydrogen-bond donors (Lipinski definition) is 1. The van der Waals surface area contributed by atoms with Crippen LogP contribution in [0.3, 0.4) is 0 Å². The smallest absolute Gasteiger partial charge is 0.252 e. The summed E-state index contributed by atoms with van der Waals surface area (Å²) in [4.78, 5) is 40.1. The average Bonchev–Trinajstić information content (AvgIpc) is 3.44. The fourth-order valence-electron chi connectivity index (χ4n) is 3.92. The molecule has 3 atom stereocenters. The predicted molar refractivity (Wildman–Crippen MR) is 118 cm³/mol. The van der Waals surface area contributed by atoms with Crippen LogP contribution >= 0.6 is 23.1 Å². The molecule has 4 rings (SSSR count). The molecule has 2 amide bonds. The van der Waals surface area contributed by atoms with E-state index in [-0.39, 0.29) is 30.3 Å². The number of Topliss-reactive ketones (excluding diaryl/α,β-unsaturated/α-hetero) is 1. The Morgan fingerprint density at radius 2 is 2.10 bits per heavy atom. The molecule has 3 heterocycles. The van der Waals surface area contributed by atoms with Gasteiger partial charge in [0.25, 0.3) is 5.91 Å². The molecule has 0 spiro atoms. The van der Waals surface area contributed by atoms with Gasteiger partial charge in [-0.25, -0.2) is 0 Å². The molecule has 8 heteroatoms. The molecular formula is C22H24N2O4S2. The molecule has 0 saturated carbocycles. The lowest BCUT2D eigenvalue weighted by Gasteiger charge is -2.37. The number of carbonyl (C=O) groups excluding carboxylic acids is 3. The SMILES string of the molecule is O=C(N[C@@H](CSCc1ccccc1)C(=O)N1CCC[C@H]2OCC(=O)[C@H]21)c1ccsc1. The fraction of sp³-hybridized carbons (Fsp3) is 0.409. The standard InChI is InChI=1S/C22H24N2O4S2/c25-18-11-28-19-7-4-9-24(20(18)19)22(27)17(23-21(26)16-8-10-29-13-16)14-30-12-15-5-2-1-3-6-15/h1-3,5-6,8,10,13,17,19-20H,4,7,9,11-12,14H2,(H,23,26)/t17-,19+,20+/m0/s1. The summed E-state index contributed by atoms with van der Waals surface area (Å²) >= 11 is 3.03. The molecule has 2 aliphatic heterocycles. The maximum Gasteiger partial charge on any atom is 0.252 e. The van der Waals surface area contributed by atoms with Gasteiger partial charge < -0.3 is 15.0 Å². The number of nitrogens with zero attached hydrogens (tertiary/aromatic N) is 1. The van der Waals surface area contributed by atoms with Crippen LogP contribution in [0.5, 0.6) is 0 Å². The monoisotopic (exact) mass is 444 g/mol. The van der Waals surface area contributed by atoms with E-state index in [1.807, 2.05) is 35.7 Å². The first-order valence-corrected chi connectivity index (χ1v) is 12.1. The van der Waals surface area contributed by atoms with Gasteiger partial charge in [0.2, 0.25) is 5.91 Å². The van der Waals surface area contributed by atoms with E-state index in [4.69, 9.17) is 4.74 Å². The van der Waals surface area contributed by atoms with E-state index in [0.717, 1.165) is 24.2 Å². The summed E-state index contributed by atoms with van der Waals surface area (Å²) in [7, 11) is 0. The van der Waals surface area contributed by atoms with Gasteiger partial charge in [-0.05, 0) is 29.9 Å². The van der Waals surface area contributed by atoms with Crippen molar-refractivity contribution in [3.05, 3.63) is 58.3 Å². The minimum absolute atomic E-state index is 0.0482. The molecule has 2 aliphatic rings. The van der Waals surface area contributed by atoms with Crippen molar-refractivity contribution in [2.24, 2.45) is 0 Å². The topological polar surface area (TPSA) is 75.7 Å². The van der Waals surface area contributed by atoms with Crippen molar-refractivity contribution in [2.45, 2.75) is 36.8 Å². The van der Waals surface area contributed by atoms with E-state index in [2.05, 4.69) is 5.32 Å². The first-order chi connectivity index (χ1) is 14.6. The zero-order valence-corrected chi connectivity index (χ0v) is 18.1. The van der Waals surface area contributed by atoms with Gasteiger partial charge in [0.1, 0.15) is 18.7 Å².